The highest BCUT2D eigenvalue weighted by molar-refractivity contribution is 9.10. The van der Waals surface area contributed by atoms with Crippen molar-refractivity contribution in [2.45, 2.75) is 65.1 Å². The smallest absolute Gasteiger partial charge is 0.253 e. The van der Waals surface area contributed by atoms with E-state index in [0.717, 1.165) is 52.7 Å². The number of aromatic nitrogens is 1. The zero-order chi connectivity index (χ0) is 21.1. The third-order valence-electron chi connectivity index (χ3n) is 5.67. The van der Waals surface area contributed by atoms with Crippen LogP contribution in [0.4, 0.5) is 5.69 Å². The molecule has 1 saturated carbocycles. The summed E-state index contributed by atoms with van der Waals surface area (Å²) in [6.07, 6.45) is 4.10. The number of aryl methyl sites for hydroxylation is 2. The number of carbonyl (C=O) groups excluding carboxylic acids is 1. The number of anilines is 1. The minimum absolute atomic E-state index is 0.161. The van der Waals surface area contributed by atoms with Gasteiger partial charge in [0.05, 0.1) is 0 Å². The SMILES string of the molecule is Cc1cc(C)c(CNC(=O)c2cc(Br)cc(NC3CCC(N)CC3)c2C)c(=O)[nH]1. The number of carbonyl (C=O) groups is 1. The van der Waals surface area contributed by atoms with Crippen LogP contribution in [0.3, 0.4) is 0 Å². The van der Waals surface area contributed by atoms with E-state index < -0.39 is 0 Å². The van der Waals surface area contributed by atoms with Gasteiger partial charge in [-0.2, -0.15) is 0 Å². The molecular weight excluding hydrogens is 432 g/mol. The van der Waals surface area contributed by atoms with E-state index >= 15 is 0 Å². The lowest BCUT2D eigenvalue weighted by molar-refractivity contribution is 0.0950. The molecule has 0 atom stereocenters. The molecule has 1 aromatic heterocycles. The lowest BCUT2D eigenvalue weighted by Gasteiger charge is -2.28. The summed E-state index contributed by atoms with van der Waals surface area (Å²) in [6.45, 7) is 5.86. The summed E-state index contributed by atoms with van der Waals surface area (Å²) in [5.41, 5.74) is 10.5. The number of H-pyrrole nitrogens is 1. The van der Waals surface area contributed by atoms with Crippen LogP contribution < -0.4 is 21.9 Å². The number of aromatic amines is 1. The second kappa shape index (κ2) is 9.13. The lowest BCUT2D eigenvalue weighted by atomic mass is 9.91. The number of rotatable bonds is 5. The predicted octanol–water partition coefficient (Wildman–Crippen LogP) is 3.67. The molecule has 0 radical (unpaired) electrons. The number of amides is 1. The normalized spacial score (nSPS) is 19.1. The highest BCUT2D eigenvalue weighted by atomic mass is 79.9. The van der Waals surface area contributed by atoms with Crippen LogP contribution in [0.1, 0.15) is 58.4 Å². The second-order valence-corrected chi connectivity index (χ2v) is 8.92. The molecule has 1 aliphatic rings. The Balaban J connectivity index is 1.75. The number of hydrogen-bond donors (Lipinski definition) is 4. The maximum Gasteiger partial charge on any atom is 0.253 e. The highest BCUT2D eigenvalue weighted by Gasteiger charge is 2.21. The molecule has 5 N–H and O–H groups in total. The monoisotopic (exact) mass is 460 g/mol. The van der Waals surface area contributed by atoms with Gasteiger partial charge >= 0.3 is 0 Å². The summed E-state index contributed by atoms with van der Waals surface area (Å²) in [4.78, 5) is 27.9. The van der Waals surface area contributed by atoms with Gasteiger partial charge in [-0.15, -0.1) is 0 Å². The van der Waals surface area contributed by atoms with Gasteiger partial charge in [-0.25, -0.2) is 0 Å². The van der Waals surface area contributed by atoms with E-state index in [1.165, 1.54) is 0 Å². The number of nitrogens with one attached hydrogen (secondary N) is 3. The average Bonchev–Trinajstić information content (AvgIpc) is 2.65. The number of nitrogens with two attached hydrogens (primary N) is 1. The van der Waals surface area contributed by atoms with Gasteiger partial charge in [0.2, 0.25) is 0 Å². The van der Waals surface area contributed by atoms with Crippen molar-refractivity contribution in [1.82, 2.24) is 10.3 Å². The first-order valence-corrected chi connectivity index (χ1v) is 10.8. The Hall–Kier alpha value is -2.12. The van der Waals surface area contributed by atoms with E-state index in [9.17, 15) is 9.59 Å². The minimum atomic E-state index is -0.197. The van der Waals surface area contributed by atoms with Gasteiger partial charge in [0.1, 0.15) is 0 Å². The third-order valence-corrected chi connectivity index (χ3v) is 6.13. The summed E-state index contributed by atoms with van der Waals surface area (Å²) >= 11 is 3.52. The molecular formula is C22H29BrN4O2. The number of pyridine rings is 1. The summed E-state index contributed by atoms with van der Waals surface area (Å²) < 4.78 is 0.840. The first-order valence-electron chi connectivity index (χ1n) is 10.0. The Morgan fingerprint density at radius 3 is 2.52 bits per heavy atom. The fraction of sp³-hybridized carbons (Fsp3) is 0.455. The minimum Gasteiger partial charge on any atom is -0.382 e. The molecule has 0 bridgehead atoms. The first kappa shape index (κ1) is 21.6. The van der Waals surface area contributed by atoms with E-state index in [1.807, 2.05) is 39.0 Å². The summed E-state index contributed by atoms with van der Waals surface area (Å²) in [5.74, 6) is -0.197. The average molecular weight is 461 g/mol. The van der Waals surface area contributed by atoms with Gasteiger partial charge in [-0.3, -0.25) is 9.59 Å². The Morgan fingerprint density at radius 1 is 1.17 bits per heavy atom. The van der Waals surface area contributed by atoms with Crippen LogP contribution in [0.15, 0.2) is 27.5 Å². The molecule has 1 amide bonds. The molecule has 6 nitrogen and oxygen atoms in total. The van der Waals surface area contributed by atoms with Gasteiger partial charge in [-0.05, 0) is 75.8 Å². The van der Waals surface area contributed by atoms with Gasteiger partial charge < -0.3 is 21.4 Å². The fourth-order valence-electron chi connectivity index (χ4n) is 3.91. The third kappa shape index (κ3) is 5.28. The Kier molecular flexibility index (Phi) is 6.80. The van der Waals surface area contributed by atoms with E-state index in [1.54, 1.807) is 0 Å². The zero-order valence-electron chi connectivity index (χ0n) is 17.2. The van der Waals surface area contributed by atoms with Gasteiger partial charge in [0, 0.05) is 45.6 Å². The molecule has 0 aliphatic heterocycles. The topological polar surface area (TPSA) is 100 Å². The molecule has 1 heterocycles. The van der Waals surface area contributed by atoms with Crippen molar-refractivity contribution < 1.29 is 4.79 Å². The first-order chi connectivity index (χ1) is 13.7. The molecule has 1 aliphatic carbocycles. The summed E-state index contributed by atoms with van der Waals surface area (Å²) in [6, 6.07) is 6.40. The zero-order valence-corrected chi connectivity index (χ0v) is 18.8. The molecule has 156 valence electrons. The maximum absolute atomic E-state index is 12.9. The molecule has 0 unspecified atom stereocenters. The van der Waals surface area contributed by atoms with Crippen LogP contribution in [0.5, 0.6) is 0 Å². The summed E-state index contributed by atoms with van der Waals surface area (Å²) in [5, 5.41) is 6.48. The molecule has 2 aromatic rings. The van der Waals surface area contributed by atoms with Gasteiger partial charge in [0.25, 0.3) is 11.5 Å². The molecule has 3 rings (SSSR count). The standard InChI is InChI=1S/C22H29BrN4O2/c1-12-8-13(2)26-22(29)19(12)11-25-21(28)18-9-15(23)10-20(14(18)3)27-17-6-4-16(24)5-7-17/h8-10,16-17,27H,4-7,11,24H2,1-3H3,(H,25,28)(H,26,29). The van der Waals surface area contributed by atoms with E-state index in [2.05, 4.69) is 31.5 Å². The van der Waals surface area contributed by atoms with Crippen LogP contribution in [0, 0.1) is 20.8 Å². The van der Waals surface area contributed by atoms with Crippen LogP contribution in [0.2, 0.25) is 0 Å². The highest BCUT2D eigenvalue weighted by Crippen LogP contribution is 2.28. The molecule has 1 aromatic carbocycles. The Bertz CT molecular complexity index is 962. The number of hydrogen-bond acceptors (Lipinski definition) is 4. The van der Waals surface area contributed by atoms with Crippen molar-refractivity contribution in [3.8, 4) is 0 Å². The van der Waals surface area contributed by atoms with Gasteiger partial charge in [0.15, 0.2) is 0 Å². The summed E-state index contributed by atoms with van der Waals surface area (Å²) in [7, 11) is 0. The van der Waals surface area contributed by atoms with Crippen molar-refractivity contribution in [2.75, 3.05) is 5.32 Å². The van der Waals surface area contributed by atoms with Crippen LogP contribution in [0.25, 0.3) is 0 Å². The van der Waals surface area contributed by atoms with E-state index in [0.29, 0.717) is 23.2 Å². The fourth-order valence-corrected chi connectivity index (χ4v) is 4.37. The molecule has 29 heavy (non-hydrogen) atoms. The second-order valence-electron chi connectivity index (χ2n) is 8.01. The number of halogens is 1. The van der Waals surface area contributed by atoms with Crippen molar-refractivity contribution in [2.24, 2.45) is 5.73 Å². The quantitative estimate of drug-likeness (QED) is 0.546. The maximum atomic E-state index is 12.9. The van der Waals surface area contributed by atoms with E-state index in [-0.39, 0.29) is 18.0 Å². The molecule has 0 saturated heterocycles. The van der Waals surface area contributed by atoms with Crippen LogP contribution in [-0.4, -0.2) is 23.0 Å². The predicted molar refractivity (Wildman–Crippen MR) is 120 cm³/mol. The Labute approximate surface area is 179 Å². The van der Waals surface area contributed by atoms with Crippen LogP contribution >= 0.6 is 15.9 Å². The largest absolute Gasteiger partial charge is 0.382 e. The van der Waals surface area contributed by atoms with E-state index in [4.69, 9.17) is 5.73 Å². The molecule has 1 fully saturated rings. The number of benzene rings is 1. The molecule has 0 spiro atoms. The van der Waals surface area contributed by atoms with Crippen molar-refractivity contribution in [1.29, 1.82) is 0 Å². The van der Waals surface area contributed by atoms with Crippen molar-refractivity contribution in [3.63, 3.8) is 0 Å². The van der Waals surface area contributed by atoms with Gasteiger partial charge in [-0.1, -0.05) is 15.9 Å². The lowest BCUT2D eigenvalue weighted by Crippen LogP contribution is -2.33. The van der Waals surface area contributed by atoms with Crippen molar-refractivity contribution >= 4 is 27.5 Å². The van der Waals surface area contributed by atoms with Crippen molar-refractivity contribution in [3.05, 3.63) is 61.0 Å². The molecule has 7 heteroatoms. The Morgan fingerprint density at radius 2 is 1.86 bits per heavy atom. The van der Waals surface area contributed by atoms with Crippen LogP contribution in [-0.2, 0) is 6.54 Å².